The van der Waals surface area contributed by atoms with Gasteiger partial charge in [-0.1, -0.05) is 24.3 Å². The van der Waals surface area contributed by atoms with Crippen molar-refractivity contribution in [1.82, 2.24) is 4.90 Å². The highest BCUT2D eigenvalue weighted by Gasteiger charge is 2.41. The quantitative estimate of drug-likeness (QED) is 0.846. The Kier molecular flexibility index (Phi) is 2.70. The van der Waals surface area contributed by atoms with E-state index in [1.165, 1.54) is 29.1 Å². The van der Waals surface area contributed by atoms with Crippen LogP contribution in [-0.2, 0) is 13.1 Å². The summed E-state index contributed by atoms with van der Waals surface area (Å²) in [5.74, 6) is 2.47. The van der Waals surface area contributed by atoms with Crippen molar-refractivity contribution in [1.29, 1.82) is 0 Å². The van der Waals surface area contributed by atoms with Gasteiger partial charge in [0.15, 0.2) is 0 Å². The van der Waals surface area contributed by atoms with Gasteiger partial charge in [-0.3, -0.25) is 4.90 Å². The molecule has 1 unspecified atom stereocenters. The maximum Gasteiger partial charge on any atom is 0.0436 e. The molecule has 2 aliphatic rings. The summed E-state index contributed by atoms with van der Waals surface area (Å²) < 4.78 is 0. The third-order valence-corrected chi connectivity index (χ3v) is 5.21. The highest BCUT2D eigenvalue weighted by atomic mass is 32.2. The summed E-state index contributed by atoms with van der Waals surface area (Å²) in [7, 11) is 0. The molecule has 16 heavy (non-hydrogen) atoms. The van der Waals surface area contributed by atoms with Gasteiger partial charge in [0.05, 0.1) is 0 Å². The van der Waals surface area contributed by atoms with E-state index < -0.39 is 0 Å². The average molecular weight is 234 g/mol. The first-order chi connectivity index (χ1) is 7.84. The Morgan fingerprint density at radius 3 is 2.44 bits per heavy atom. The molecule has 0 aliphatic carbocycles. The first-order valence-electron chi connectivity index (χ1n) is 5.94. The number of nitrogens with zero attached hydrogens (tertiary/aromatic N) is 1. The van der Waals surface area contributed by atoms with Crippen LogP contribution in [0.5, 0.6) is 0 Å². The molecule has 1 atom stereocenters. The molecule has 0 saturated carbocycles. The van der Waals surface area contributed by atoms with Crippen LogP contribution in [0.4, 0.5) is 0 Å². The van der Waals surface area contributed by atoms with Gasteiger partial charge >= 0.3 is 0 Å². The van der Waals surface area contributed by atoms with Crippen molar-refractivity contribution in [2.45, 2.75) is 25.0 Å². The summed E-state index contributed by atoms with van der Waals surface area (Å²) in [6.07, 6.45) is 1.25. The molecule has 1 saturated heterocycles. The number of hydrogen-bond donors (Lipinski definition) is 1. The lowest BCUT2D eigenvalue weighted by atomic mass is 9.97. The number of benzene rings is 1. The van der Waals surface area contributed by atoms with Crippen LogP contribution < -0.4 is 5.73 Å². The lowest BCUT2D eigenvalue weighted by Gasteiger charge is -2.37. The molecule has 1 aromatic carbocycles. The van der Waals surface area contributed by atoms with E-state index in [4.69, 9.17) is 5.73 Å². The van der Waals surface area contributed by atoms with Crippen LogP contribution in [0.1, 0.15) is 17.5 Å². The minimum absolute atomic E-state index is 0.268. The number of hydrogen-bond acceptors (Lipinski definition) is 3. The molecule has 86 valence electrons. The molecule has 2 heterocycles. The van der Waals surface area contributed by atoms with Crippen molar-refractivity contribution < 1.29 is 0 Å². The van der Waals surface area contributed by atoms with Crippen LogP contribution in [-0.4, -0.2) is 28.5 Å². The maximum atomic E-state index is 6.03. The number of thioether (sulfide) groups is 1. The summed E-state index contributed by atoms with van der Waals surface area (Å²) >= 11 is 2.05. The Balaban J connectivity index is 1.84. The van der Waals surface area contributed by atoms with Gasteiger partial charge in [-0.05, 0) is 23.3 Å². The monoisotopic (exact) mass is 234 g/mol. The average Bonchev–Trinajstić information content (AvgIpc) is 2.96. The Morgan fingerprint density at radius 1 is 1.25 bits per heavy atom. The fraction of sp³-hybridized carbons (Fsp3) is 0.538. The van der Waals surface area contributed by atoms with Gasteiger partial charge in [-0.2, -0.15) is 11.8 Å². The molecular formula is C13H18N2S. The maximum absolute atomic E-state index is 6.03. The van der Waals surface area contributed by atoms with Crippen molar-refractivity contribution in [3.8, 4) is 0 Å². The first kappa shape index (κ1) is 10.6. The number of fused-ring (bicyclic) bond motifs is 1. The van der Waals surface area contributed by atoms with Crippen molar-refractivity contribution in [2.75, 3.05) is 18.1 Å². The van der Waals surface area contributed by atoms with E-state index in [1.807, 2.05) is 11.8 Å². The zero-order valence-corrected chi connectivity index (χ0v) is 10.3. The van der Waals surface area contributed by atoms with Crippen LogP contribution in [0, 0.1) is 0 Å². The van der Waals surface area contributed by atoms with Crippen molar-refractivity contribution in [3.63, 3.8) is 0 Å². The van der Waals surface area contributed by atoms with Crippen LogP contribution in [0.3, 0.4) is 0 Å². The van der Waals surface area contributed by atoms with Crippen LogP contribution in [0.15, 0.2) is 24.3 Å². The molecule has 0 aromatic heterocycles. The van der Waals surface area contributed by atoms with E-state index in [2.05, 4.69) is 29.2 Å². The highest BCUT2D eigenvalue weighted by molar-refractivity contribution is 7.99. The SMILES string of the molecule is NCC1(N2Cc3ccccc3C2)CCSC1. The Bertz CT molecular complexity index is 360. The van der Waals surface area contributed by atoms with Gasteiger partial charge in [-0.15, -0.1) is 0 Å². The van der Waals surface area contributed by atoms with Gasteiger partial charge < -0.3 is 5.73 Å². The van der Waals surface area contributed by atoms with Gasteiger partial charge in [0.25, 0.3) is 0 Å². The molecular weight excluding hydrogens is 216 g/mol. The lowest BCUT2D eigenvalue weighted by molar-refractivity contribution is 0.115. The van der Waals surface area contributed by atoms with Crippen LogP contribution in [0.2, 0.25) is 0 Å². The third-order valence-electron chi connectivity index (χ3n) is 3.97. The number of rotatable bonds is 2. The van der Waals surface area contributed by atoms with E-state index in [9.17, 15) is 0 Å². The van der Waals surface area contributed by atoms with Crippen LogP contribution in [0.25, 0.3) is 0 Å². The Labute approximate surface area is 101 Å². The Morgan fingerprint density at radius 2 is 1.94 bits per heavy atom. The second-order valence-electron chi connectivity index (χ2n) is 4.86. The zero-order chi connectivity index (χ0) is 11.0. The molecule has 3 heteroatoms. The molecule has 0 radical (unpaired) electrons. The van der Waals surface area contributed by atoms with Crippen LogP contribution >= 0.6 is 11.8 Å². The molecule has 3 rings (SSSR count). The third kappa shape index (κ3) is 1.58. The first-order valence-corrected chi connectivity index (χ1v) is 7.09. The van der Waals surface area contributed by atoms with Gasteiger partial charge in [0.2, 0.25) is 0 Å². The molecule has 2 nitrogen and oxygen atoms in total. The summed E-state index contributed by atoms with van der Waals surface area (Å²) in [5, 5.41) is 0. The lowest BCUT2D eigenvalue weighted by Crippen LogP contribution is -2.51. The normalized spacial score (nSPS) is 29.6. The van der Waals surface area contributed by atoms with Crippen molar-refractivity contribution >= 4 is 11.8 Å². The van der Waals surface area contributed by atoms with Crippen molar-refractivity contribution in [2.24, 2.45) is 5.73 Å². The highest BCUT2D eigenvalue weighted by Crippen LogP contribution is 2.37. The largest absolute Gasteiger partial charge is 0.329 e. The standard InChI is InChI=1S/C13H18N2S/c14-9-13(5-6-16-10-13)15-7-11-3-1-2-4-12(11)8-15/h1-4H,5-10,14H2. The molecule has 0 amide bonds. The predicted octanol–water partition coefficient (Wildman–Crippen LogP) is 1.84. The summed E-state index contributed by atoms with van der Waals surface area (Å²) in [4.78, 5) is 2.59. The van der Waals surface area contributed by atoms with E-state index in [0.29, 0.717) is 0 Å². The molecule has 2 N–H and O–H groups in total. The molecule has 1 aromatic rings. The Hall–Kier alpha value is -0.510. The predicted molar refractivity (Wildman–Crippen MR) is 69.4 cm³/mol. The van der Waals surface area contributed by atoms with Gasteiger partial charge in [0, 0.05) is 30.9 Å². The molecule has 2 aliphatic heterocycles. The summed E-state index contributed by atoms with van der Waals surface area (Å²) in [6.45, 7) is 2.98. The van der Waals surface area contributed by atoms with Gasteiger partial charge in [0.1, 0.15) is 0 Å². The minimum atomic E-state index is 0.268. The summed E-state index contributed by atoms with van der Waals surface area (Å²) in [5.41, 5.74) is 9.28. The van der Waals surface area contributed by atoms with E-state index >= 15 is 0 Å². The van der Waals surface area contributed by atoms with E-state index in [1.54, 1.807) is 0 Å². The zero-order valence-electron chi connectivity index (χ0n) is 9.48. The van der Waals surface area contributed by atoms with E-state index in [0.717, 1.165) is 19.6 Å². The number of nitrogens with two attached hydrogens (primary N) is 1. The smallest absolute Gasteiger partial charge is 0.0436 e. The fourth-order valence-corrected chi connectivity index (χ4v) is 4.30. The topological polar surface area (TPSA) is 29.3 Å². The molecule has 1 fully saturated rings. The second-order valence-corrected chi connectivity index (χ2v) is 5.96. The van der Waals surface area contributed by atoms with Crippen molar-refractivity contribution in [3.05, 3.63) is 35.4 Å². The molecule has 0 spiro atoms. The van der Waals surface area contributed by atoms with Gasteiger partial charge in [-0.25, -0.2) is 0 Å². The fourth-order valence-electron chi connectivity index (χ4n) is 2.80. The summed E-state index contributed by atoms with van der Waals surface area (Å²) in [6, 6.07) is 8.78. The minimum Gasteiger partial charge on any atom is -0.329 e. The molecule has 0 bridgehead atoms. The second kappa shape index (κ2) is 4.06. The van der Waals surface area contributed by atoms with E-state index in [-0.39, 0.29) is 5.54 Å².